The van der Waals surface area contributed by atoms with Crippen molar-refractivity contribution < 1.29 is 14.3 Å². The van der Waals surface area contributed by atoms with Crippen LogP contribution in [0.3, 0.4) is 0 Å². The van der Waals surface area contributed by atoms with Crippen LogP contribution >= 0.6 is 11.3 Å². The van der Waals surface area contributed by atoms with Gasteiger partial charge in [0, 0.05) is 17.1 Å². The van der Waals surface area contributed by atoms with E-state index in [0.29, 0.717) is 17.0 Å². The number of aryl methyl sites for hydroxylation is 1. The summed E-state index contributed by atoms with van der Waals surface area (Å²) >= 11 is 1.56. The van der Waals surface area contributed by atoms with Crippen molar-refractivity contribution in [2.45, 2.75) is 0 Å². The van der Waals surface area contributed by atoms with Crippen LogP contribution in [0.25, 0.3) is 21.1 Å². The molecule has 4 aromatic rings. The predicted molar refractivity (Wildman–Crippen MR) is 106 cm³/mol. The Labute approximate surface area is 159 Å². The van der Waals surface area contributed by atoms with Crippen LogP contribution in [-0.2, 0) is 11.8 Å². The summed E-state index contributed by atoms with van der Waals surface area (Å²) in [6.07, 6.45) is 1.82. The first-order chi connectivity index (χ1) is 13.1. The first-order valence-electron chi connectivity index (χ1n) is 8.25. The number of esters is 1. The van der Waals surface area contributed by atoms with Gasteiger partial charge in [-0.1, -0.05) is 0 Å². The minimum absolute atomic E-state index is 0.408. The largest absolute Gasteiger partial charge is 0.494 e. The normalized spacial score (nSPS) is 11.9. The fraction of sp³-hybridized carbons (Fsp3) is 0.150. The molecule has 136 valence electrons. The Morgan fingerprint density at radius 3 is 2.78 bits per heavy atom. The number of carbonyl (C=O) groups excluding carboxylic acids is 1. The van der Waals surface area contributed by atoms with Gasteiger partial charge in [0.1, 0.15) is 16.1 Å². The van der Waals surface area contributed by atoms with E-state index in [-0.39, 0.29) is 0 Å². The molecule has 0 aliphatic carbocycles. The van der Waals surface area contributed by atoms with Crippen molar-refractivity contribution in [2.24, 2.45) is 12.0 Å². The summed E-state index contributed by atoms with van der Waals surface area (Å²) in [6.45, 7) is 0. The lowest BCUT2D eigenvalue weighted by molar-refractivity contribution is 0.0600. The smallest absolute Gasteiger partial charge is 0.337 e. The van der Waals surface area contributed by atoms with Crippen LogP contribution in [-0.4, -0.2) is 29.7 Å². The van der Waals surface area contributed by atoms with Crippen LogP contribution in [0, 0.1) is 0 Å². The van der Waals surface area contributed by atoms with Crippen LogP contribution in [0.5, 0.6) is 5.75 Å². The van der Waals surface area contributed by atoms with Gasteiger partial charge >= 0.3 is 5.97 Å². The molecule has 4 rings (SSSR count). The number of hydrogen-bond acceptors (Lipinski definition) is 6. The Balaban J connectivity index is 1.87. The van der Waals surface area contributed by atoms with Crippen LogP contribution in [0.1, 0.15) is 10.4 Å². The summed E-state index contributed by atoms with van der Waals surface area (Å²) in [5, 5.41) is 1.09. The molecule has 2 heterocycles. The molecule has 0 saturated heterocycles. The van der Waals surface area contributed by atoms with E-state index in [1.807, 2.05) is 30.1 Å². The molecule has 2 aromatic heterocycles. The molecule has 0 radical (unpaired) electrons. The van der Waals surface area contributed by atoms with Crippen LogP contribution < -0.4 is 9.41 Å². The van der Waals surface area contributed by atoms with Crippen molar-refractivity contribution in [3.8, 4) is 5.75 Å². The highest BCUT2D eigenvalue weighted by Gasteiger charge is 2.10. The third kappa shape index (κ3) is 3.06. The lowest BCUT2D eigenvalue weighted by atomic mass is 10.2. The average Bonchev–Trinajstić information content (AvgIpc) is 3.08. The van der Waals surface area contributed by atoms with Gasteiger partial charge in [-0.25, -0.2) is 14.8 Å². The maximum Gasteiger partial charge on any atom is 0.337 e. The zero-order valence-corrected chi connectivity index (χ0v) is 15.9. The Hall–Kier alpha value is -3.19. The van der Waals surface area contributed by atoms with Crippen LogP contribution in [0.4, 0.5) is 5.69 Å². The molecule has 7 heteroatoms. The first kappa shape index (κ1) is 17.2. The average molecular weight is 379 g/mol. The number of ether oxygens (including phenoxy) is 2. The van der Waals surface area contributed by atoms with E-state index in [1.54, 1.807) is 36.6 Å². The topological polar surface area (TPSA) is 65.7 Å². The molecule has 0 saturated carbocycles. The van der Waals surface area contributed by atoms with Gasteiger partial charge in [-0.05, 0) is 42.5 Å². The molecule has 0 N–H and O–H groups in total. The maximum atomic E-state index is 11.8. The Morgan fingerprint density at radius 2 is 2.00 bits per heavy atom. The summed E-state index contributed by atoms with van der Waals surface area (Å²) in [5.74, 6) is 0.184. The predicted octanol–water partition coefficient (Wildman–Crippen LogP) is 3.82. The van der Waals surface area contributed by atoms with Crippen molar-refractivity contribution in [3.63, 3.8) is 0 Å². The summed E-state index contributed by atoms with van der Waals surface area (Å²) in [4.78, 5) is 21.0. The lowest BCUT2D eigenvalue weighted by Gasteiger charge is -2.06. The van der Waals surface area contributed by atoms with Gasteiger partial charge in [-0.15, -0.1) is 11.3 Å². The zero-order valence-electron chi connectivity index (χ0n) is 15.1. The molecule has 2 aromatic carbocycles. The molecule has 27 heavy (non-hydrogen) atoms. The molecule has 0 atom stereocenters. The number of imidazole rings is 1. The van der Waals surface area contributed by atoms with Gasteiger partial charge in [0.05, 0.1) is 37.1 Å². The number of fused-ring (bicyclic) bond motifs is 3. The second kappa shape index (κ2) is 6.85. The SMILES string of the molecule is COC(=O)c1ccc(OC)c(N=c2ccc3c(ccc4c3ncn4C)s2)c1. The summed E-state index contributed by atoms with van der Waals surface area (Å²) in [6, 6.07) is 13.2. The van der Waals surface area contributed by atoms with Crippen molar-refractivity contribution in [1.82, 2.24) is 9.55 Å². The second-order valence-electron chi connectivity index (χ2n) is 5.96. The van der Waals surface area contributed by atoms with Crippen molar-refractivity contribution in [2.75, 3.05) is 14.2 Å². The van der Waals surface area contributed by atoms with E-state index in [9.17, 15) is 4.79 Å². The highest BCUT2D eigenvalue weighted by molar-refractivity contribution is 7.16. The summed E-state index contributed by atoms with van der Waals surface area (Å²) < 4.78 is 14.1. The molecule has 0 bridgehead atoms. The van der Waals surface area contributed by atoms with Gasteiger partial charge in [-0.2, -0.15) is 0 Å². The third-order valence-electron chi connectivity index (χ3n) is 4.33. The summed E-state index contributed by atoms with van der Waals surface area (Å²) in [5.41, 5.74) is 3.07. The van der Waals surface area contributed by atoms with Gasteiger partial charge in [0.2, 0.25) is 0 Å². The minimum atomic E-state index is -0.408. The fourth-order valence-corrected chi connectivity index (χ4v) is 3.87. The quantitative estimate of drug-likeness (QED) is 0.508. The fourth-order valence-electron chi connectivity index (χ4n) is 2.96. The van der Waals surface area contributed by atoms with E-state index < -0.39 is 5.97 Å². The monoisotopic (exact) mass is 379 g/mol. The van der Waals surface area contributed by atoms with Crippen molar-refractivity contribution in [3.05, 3.63) is 59.0 Å². The number of rotatable bonds is 3. The van der Waals surface area contributed by atoms with Gasteiger partial charge < -0.3 is 14.0 Å². The molecular weight excluding hydrogens is 362 g/mol. The van der Waals surface area contributed by atoms with Gasteiger partial charge in [0.25, 0.3) is 0 Å². The molecule has 0 fully saturated rings. The molecule has 0 spiro atoms. The van der Waals surface area contributed by atoms with Crippen LogP contribution in [0.15, 0.2) is 53.8 Å². The van der Waals surface area contributed by atoms with E-state index in [2.05, 4.69) is 22.1 Å². The molecule has 6 nitrogen and oxygen atoms in total. The van der Waals surface area contributed by atoms with Gasteiger partial charge in [-0.3, -0.25) is 0 Å². The molecule has 0 aliphatic rings. The molecular formula is C20H17N3O3S. The second-order valence-corrected chi connectivity index (χ2v) is 7.03. The Kier molecular flexibility index (Phi) is 4.37. The minimum Gasteiger partial charge on any atom is -0.494 e. The number of benzene rings is 2. The van der Waals surface area contributed by atoms with E-state index in [4.69, 9.17) is 9.47 Å². The molecule has 0 aliphatic heterocycles. The highest BCUT2D eigenvalue weighted by atomic mass is 32.1. The van der Waals surface area contributed by atoms with E-state index >= 15 is 0 Å². The molecule has 0 unspecified atom stereocenters. The zero-order chi connectivity index (χ0) is 19.0. The lowest BCUT2D eigenvalue weighted by Crippen LogP contribution is -2.01. The number of hydrogen-bond donors (Lipinski definition) is 0. The van der Waals surface area contributed by atoms with Crippen molar-refractivity contribution in [1.29, 1.82) is 0 Å². The Bertz CT molecular complexity index is 1240. The van der Waals surface area contributed by atoms with Crippen molar-refractivity contribution >= 4 is 44.1 Å². The number of carbonyl (C=O) groups is 1. The summed E-state index contributed by atoms with van der Waals surface area (Å²) in [7, 11) is 4.91. The standard InChI is InChI=1S/C20H17N3O3S/c1-23-11-21-19-13-5-9-18(27-17(13)8-6-15(19)23)22-14-10-12(20(24)26-3)4-7-16(14)25-2/h4-11H,1-3H3. The number of nitrogens with zero attached hydrogens (tertiary/aromatic N) is 3. The number of aromatic nitrogens is 2. The van der Waals surface area contributed by atoms with E-state index in [1.165, 1.54) is 7.11 Å². The van der Waals surface area contributed by atoms with Gasteiger partial charge in [0.15, 0.2) is 0 Å². The Morgan fingerprint density at radius 1 is 1.15 bits per heavy atom. The number of methoxy groups -OCH3 is 2. The first-order valence-corrected chi connectivity index (χ1v) is 9.07. The maximum absolute atomic E-state index is 11.8. The highest BCUT2D eigenvalue weighted by Crippen LogP contribution is 2.29. The molecule has 0 amide bonds. The van der Waals surface area contributed by atoms with Crippen LogP contribution in [0.2, 0.25) is 0 Å². The third-order valence-corrected chi connectivity index (χ3v) is 5.35. The van der Waals surface area contributed by atoms with E-state index in [0.717, 1.165) is 25.8 Å².